The monoisotopic (exact) mass is 461 g/mol. The number of nitrogens with zero attached hydrogens (tertiary/aromatic N) is 2. The number of halogens is 3. The Morgan fingerprint density at radius 1 is 0.882 bits per heavy atom. The molecule has 0 spiro atoms. The van der Waals surface area contributed by atoms with E-state index < -0.39 is 17.5 Å². The van der Waals surface area contributed by atoms with Crippen LogP contribution in [0.15, 0.2) is 66.7 Å². The Morgan fingerprint density at radius 3 is 2.21 bits per heavy atom. The largest absolute Gasteiger partial charge is 0.372 e. The second-order valence-electron chi connectivity index (χ2n) is 9.61. The Morgan fingerprint density at radius 2 is 1.53 bits per heavy atom. The molecule has 5 heteroatoms. The van der Waals surface area contributed by atoms with Crippen molar-refractivity contribution in [3.63, 3.8) is 0 Å². The van der Waals surface area contributed by atoms with Crippen molar-refractivity contribution in [2.45, 2.75) is 38.6 Å². The third-order valence-corrected chi connectivity index (χ3v) is 6.98. The van der Waals surface area contributed by atoms with Crippen LogP contribution in [0.3, 0.4) is 0 Å². The van der Waals surface area contributed by atoms with Gasteiger partial charge in [-0.3, -0.25) is 0 Å². The van der Waals surface area contributed by atoms with Gasteiger partial charge in [-0.05, 0) is 62.6 Å². The molecule has 0 radical (unpaired) electrons. The highest BCUT2D eigenvalue weighted by atomic mass is 19.2. The van der Waals surface area contributed by atoms with Crippen molar-refractivity contribution in [1.82, 2.24) is 0 Å². The third-order valence-electron chi connectivity index (χ3n) is 6.98. The van der Waals surface area contributed by atoms with E-state index >= 15 is 0 Å². The molecular formula is C29H28F3N2+. The molecule has 0 unspecified atom stereocenters. The summed E-state index contributed by atoms with van der Waals surface area (Å²) >= 11 is 0. The van der Waals surface area contributed by atoms with Gasteiger partial charge in [-0.2, -0.15) is 4.58 Å². The zero-order valence-corrected chi connectivity index (χ0v) is 19.5. The van der Waals surface area contributed by atoms with Gasteiger partial charge in [0, 0.05) is 42.0 Å². The topological polar surface area (TPSA) is 6.25 Å². The molecule has 34 heavy (non-hydrogen) atoms. The Hall–Kier alpha value is -3.34. The average molecular weight is 462 g/mol. The first kappa shape index (κ1) is 22.5. The maximum atomic E-state index is 13.9. The van der Waals surface area contributed by atoms with E-state index in [2.05, 4.69) is 65.8 Å². The van der Waals surface area contributed by atoms with Crippen molar-refractivity contribution in [2.75, 3.05) is 18.0 Å². The van der Waals surface area contributed by atoms with Gasteiger partial charge in [-0.15, -0.1) is 0 Å². The average Bonchev–Trinajstić information content (AvgIpc) is 3.43. The number of hydrogen-bond donors (Lipinski definition) is 0. The highest BCUT2D eigenvalue weighted by Crippen LogP contribution is 2.40. The quantitative estimate of drug-likeness (QED) is 0.293. The number of allylic oxidation sites excluding steroid dienone is 1. The maximum absolute atomic E-state index is 13.9. The lowest BCUT2D eigenvalue weighted by Gasteiger charge is -2.17. The smallest absolute Gasteiger partial charge is 0.210 e. The van der Waals surface area contributed by atoms with Crippen LogP contribution in [0.4, 0.5) is 24.5 Å². The minimum absolute atomic E-state index is 0.238. The van der Waals surface area contributed by atoms with Crippen LogP contribution >= 0.6 is 0 Å². The van der Waals surface area contributed by atoms with Gasteiger partial charge >= 0.3 is 0 Å². The molecule has 2 heterocycles. The fourth-order valence-corrected chi connectivity index (χ4v) is 5.14. The van der Waals surface area contributed by atoms with Crippen LogP contribution in [0, 0.1) is 17.5 Å². The molecule has 2 aliphatic heterocycles. The number of hydrogen-bond acceptors (Lipinski definition) is 1. The van der Waals surface area contributed by atoms with Crippen molar-refractivity contribution in [3.05, 3.63) is 101 Å². The first-order chi connectivity index (χ1) is 16.3. The Labute approximate surface area is 198 Å². The summed E-state index contributed by atoms with van der Waals surface area (Å²) in [7, 11) is 0. The molecule has 0 bridgehead atoms. The molecular weight excluding hydrogens is 433 g/mol. The van der Waals surface area contributed by atoms with Crippen LogP contribution in [0.2, 0.25) is 0 Å². The van der Waals surface area contributed by atoms with Crippen molar-refractivity contribution < 1.29 is 17.7 Å². The molecule has 0 aromatic heterocycles. The van der Waals surface area contributed by atoms with E-state index in [9.17, 15) is 13.2 Å². The van der Waals surface area contributed by atoms with E-state index in [1.165, 1.54) is 18.5 Å². The predicted octanol–water partition coefficient (Wildman–Crippen LogP) is 6.99. The lowest BCUT2D eigenvalue weighted by molar-refractivity contribution is -0.455. The molecule has 0 amide bonds. The van der Waals surface area contributed by atoms with E-state index in [0.29, 0.717) is 5.56 Å². The van der Waals surface area contributed by atoms with Crippen LogP contribution in [0.5, 0.6) is 0 Å². The van der Waals surface area contributed by atoms with E-state index in [1.54, 1.807) is 0 Å². The summed E-state index contributed by atoms with van der Waals surface area (Å²) in [4.78, 5) is 2.40. The molecule has 0 aliphatic carbocycles. The van der Waals surface area contributed by atoms with Crippen LogP contribution in [-0.2, 0) is 12.0 Å². The van der Waals surface area contributed by atoms with Crippen LogP contribution in [0.25, 0.3) is 6.08 Å². The van der Waals surface area contributed by atoms with Crippen LogP contribution in [0.1, 0.15) is 43.4 Å². The summed E-state index contributed by atoms with van der Waals surface area (Å²) in [5, 5.41) is 0. The van der Waals surface area contributed by atoms with Crippen LogP contribution in [-0.4, -0.2) is 23.4 Å². The lowest BCUT2D eigenvalue weighted by Crippen LogP contribution is -2.27. The molecule has 174 valence electrons. The number of fused-ring (bicyclic) bond motifs is 1. The van der Waals surface area contributed by atoms with E-state index in [1.807, 2.05) is 18.2 Å². The van der Waals surface area contributed by atoms with Gasteiger partial charge in [0.05, 0.1) is 5.41 Å². The van der Waals surface area contributed by atoms with Gasteiger partial charge in [-0.25, -0.2) is 13.2 Å². The second-order valence-corrected chi connectivity index (χ2v) is 9.61. The molecule has 2 aliphatic rings. The molecule has 0 saturated carbocycles. The van der Waals surface area contributed by atoms with Gasteiger partial charge in [0.25, 0.3) is 0 Å². The number of anilines is 1. The molecule has 0 N–H and O–H groups in total. The molecule has 2 nitrogen and oxygen atoms in total. The molecule has 0 atom stereocenters. The fraction of sp³-hybridized carbons (Fsp3) is 0.276. The Bertz CT molecular complexity index is 1260. The molecule has 3 aromatic carbocycles. The van der Waals surface area contributed by atoms with Gasteiger partial charge in [0.15, 0.2) is 29.7 Å². The van der Waals surface area contributed by atoms with Crippen LogP contribution < -0.4 is 4.90 Å². The minimum Gasteiger partial charge on any atom is -0.372 e. The predicted molar refractivity (Wildman–Crippen MR) is 131 cm³/mol. The highest BCUT2D eigenvalue weighted by Gasteiger charge is 2.44. The van der Waals surface area contributed by atoms with Crippen molar-refractivity contribution in [2.24, 2.45) is 0 Å². The van der Waals surface area contributed by atoms with Gasteiger partial charge < -0.3 is 4.90 Å². The fourth-order valence-electron chi connectivity index (χ4n) is 5.14. The Kier molecular flexibility index (Phi) is 5.80. The van der Waals surface area contributed by atoms with Gasteiger partial charge in [0.1, 0.15) is 0 Å². The second kappa shape index (κ2) is 8.79. The zero-order chi connectivity index (χ0) is 23.9. The van der Waals surface area contributed by atoms with Crippen molar-refractivity contribution in [1.29, 1.82) is 0 Å². The zero-order valence-electron chi connectivity index (χ0n) is 19.5. The lowest BCUT2D eigenvalue weighted by atomic mass is 9.81. The summed E-state index contributed by atoms with van der Waals surface area (Å²) in [5.41, 5.74) is 5.55. The molecule has 1 saturated heterocycles. The summed E-state index contributed by atoms with van der Waals surface area (Å²) in [6, 6.07) is 18.8. The summed E-state index contributed by atoms with van der Waals surface area (Å²) in [6.45, 7) is 6.75. The number of para-hydroxylation sites is 1. The molecule has 1 fully saturated rings. The van der Waals surface area contributed by atoms with Crippen molar-refractivity contribution >= 4 is 23.2 Å². The van der Waals surface area contributed by atoms with Gasteiger partial charge in [0.2, 0.25) is 5.69 Å². The standard InChI is InChI=1S/C29H28F3N2/c1-29(2)23-7-3-4-8-26(23)34(19-21-17-24(30)28(32)25(31)18-21)27(29)14-11-20-9-12-22(13-10-20)33-15-5-6-16-33/h3-4,7-14,17-18H,5-6,15-16,19H2,1-2H3/q+1. The third kappa shape index (κ3) is 4.04. The molecule has 5 rings (SSSR count). The van der Waals surface area contributed by atoms with E-state index in [-0.39, 0.29) is 12.0 Å². The highest BCUT2D eigenvalue weighted by molar-refractivity contribution is 6.05. The summed E-state index contributed by atoms with van der Waals surface area (Å²) in [5.74, 6) is -3.78. The number of benzene rings is 3. The Balaban J connectivity index is 1.51. The minimum atomic E-state index is -1.44. The number of rotatable bonds is 5. The van der Waals surface area contributed by atoms with Gasteiger partial charge in [-0.1, -0.05) is 30.3 Å². The van der Waals surface area contributed by atoms with E-state index in [0.717, 1.165) is 47.7 Å². The maximum Gasteiger partial charge on any atom is 0.210 e. The van der Waals surface area contributed by atoms with Crippen molar-refractivity contribution in [3.8, 4) is 0 Å². The first-order valence-corrected chi connectivity index (χ1v) is 11.8. The first-order valence-electron chi connectivity index (χ1n) is 11.8. The van der Waals surface area contributed by atoms with E-state index in [4.69, 9.17) is 0 Å². The summed E-state index contributed by atoms with van der Waals surface area (Å²) in [6.07, 6.45) is 6.65. The molecule has 3 aromatic rings. The summed E-state index contributed by atoms with van der Waals surface area (Å²) < 4.78 is 43.4. The normalized spacial score (nSPS) is 17.1. The SMILES string of the molecule is CC1(C)C(/C=C/c2ccc(N3CCCC3)cc2)=[N+](Cc2cc(F)c(F)c(F)c2)c2ccccc21.